The zero-order valence-corrected chi connectivity index (χ0v) is 10.5. The Hall–Kier alpha value is -1.69. The van der Waals surface area contributed by atoms with Crippen LogP contribution in [0.15, 0.2) is 12.3 Å². The predicted octanol–water partition coefficient (Wildman–Crippen LogP) is 2.17. The lowest BCUT2D eigenvalue weighted by Gasteiger charge is -2.10. The van der Waals surface area contributed by atoms with Crippen molar-refractivity contribution in [2.45, 2.75) is 19.8 Å². The summed E-state index contributed by atoms with van der Waals surface area (Å²) >= 11 is 5.65. The number of halogens is 1. The molecule has 0 aliphatic heterocycles. The van der Waals surface area contributed by atoms with E-state index in [0.29, 0.717) is 6.54 Å². The number of carbonyl (C=O) groups excluding carboxylic acids is 1. The molecule has 0 saturated heterocycles. The number of pyridine rings is 1. The highest BCUT2D eigenvalue weighted by atomic mass is 35.5. The Morgan fingerprint density at radius 2 is 2.33 bits per heavy atom. The van der Waals surface area contributed by atoms with E-state index in [0.717, 1.165) is 19.0 Å². The molecule has 0 bridgehead atoms. The minimum absolute atomic E-state index is 0.0516. The van der Waals surface area contributed by atoms with Gasteiger partial charge in [0.15, 0.2) is 0 Å². The summed E-state index contributed by atoms with van der Waals surface area (Å²) in [5.41, 5.74) is -0.247. The normalized spacial score (nSPS) is 16.1. The summed E-state index contributed by atoms with van der Waals surface area (Å²) in [6.07, 6.45) is 3.12. The molecule has 7 heteroatoms. The van der Waals surface area contributed by atoms with Gasteiger partial charge in [0.2, 0.25) is 0 Å². The van der Waals surface area contributed by atoms with Gasteiger partial charge >= 0.3 is 0 Å². The van der Waals surface area contributed by atoms with E-state index in [1.165, 1.54) is 6.07 Å². The van der Waals surface area contributed by atoms with Crippen molar-refractivity contribution in [2.24, 2.45) is 5.41 Å². The Morgan fingerprint density at radius 1 is 1.67 bits per heavy atom. The Labute approximate surface area is 109 Å². The fraction of sp³-hybridized carbons (Fsp3) is 0.455. The molecular formula is C11H12ClN3O3. The maximum Gasteiger partial charge on any atom is 0.300 e. The van der Waals surface area contributed by atoms with Crippen LogP contribution in [-0.4, -0.2) is 22.4 Å². The van der Waals surface area contributed by atoms with Gasteiger partial charge in [0.1, 0.15) is 16.9 Å². The van der Waals surface area contributed by atoms with Gasteiger partial charge in [-0.2, -0.15) is 0 Å². The average Bonchev–Trinajstić information content (AvgIpc) is 3.04. The van der Waals surface area contributed by atoms with Crippen molar-refractivity contribution in [1.82, 2.24) is 10.3 Å². The molecule has 1 aliphatic rings. The van der Waals surface area contributed by atoms with E-state index in [2.05, 4.69) is 17.2 Å². The number of nitro groups is 1. The summed E-state index contributed by atoms with van der Waals surface area (Å²) in [6, 6.07) is 1.21. The maximum atomic E-state index is 11.9. The number of rotatable bonds is 4. The van der Waals surface area contributed by atoms with Gasteiger partial charge in [-0.15, -0.1) is 0 Å². The van der Waals surface area contributed by atoms with E-state index in [-0.39, 0.29) is 21.8 Å². The minimum Gasteiger partial charge on any atom is -0.351 e. The molecule has 0 unspecified atom stereocenters. The Kier molecular flexibility index (Phi) is 3.21. The largest absolute Gasteiger partial charge is 0.351 e. The molecule has 1 amide bonds. The second-order valence-electron chi connectivity index (χ2n) is 4.77. The first-order chi connectivity index (χ1) is 8.41. The van der Waals surface area contributed by atoms with E-state index in [1.807, 2.05) is 0 Å². The molecule has 18 heavy (non-hydrogen) atoms. The van der Waals surface area contributed by atoms with Crippen LogP contribution in [0.3, 0.4) is 0 Å². The van der Waals surface area contributed by atoms with Crippen molar-refractivity contribution in [3.63, 3.8) is 0 Å². The molecule has 1 aliphatic carbocycles. The number of nitrogens with one attached hydrogen (secondary N) is 1. The first-order valence-corrected chi connectivity index (χ1v) is 5.87. The summed E-state index contributed by atoms with van der Waals surface area (Å²) in [7, 11) is 0. The van der Waals surface area contributed by atoms with Crippen LogP contribution < -0.4 is 5.32 Å². The molecule has 0 atom stereocenters. The molecule has 1 fully saturated rings. The molecule has 0 aromatic carbocycles. The van der Waals surface area contributed by atoms with Gasteiger partial charge in [-0.3, -0.25) is 14.9 Å². The van der Waals surface area contributed by atoms with Gasteiger partial charge in [0, 0.05) is 6.54 Å². The van der Waals surface area contributed by atoms with Crippen molar-refractivity contribution in [1.29, 1.82) is 0 Å². The fourth-order valence-corrected chi connectivity index (χ4v) is 1.69. The van der Waals surface area contributed by atoms with Gasteiger partial charge in [0.25, 0.3) is 11.6 Å². The molecule has 0 spiro atoms. The van der Waals surface area contributed by atoms with Gasteiger partial charge in [-0.1, -0.05) is 18.5 Å². The molecule has 1 N–H and O–H groups in total. The molecule has 0 radical (unpaired) electrons. The zero-order chi connectivity index (χ0) is 13.3. The number of hydrogen-bond donors (Lipinski definition) is 1. The lowest BCUT2D eigenvalue weighted by atomic mass is 10.1. The molecule has 6 nitrogen and oxygen atoms in total. The number of carbonyl (C=O) groups is 1. The third-order valence-corrected chi connectivity index (χ3v) is 3.28. The topological polar surface area (TPSA) is 85.1 Å². The van der Waals surface area contributed by atoms with Crippen molar-refractivity contribution < 1.29 is 9.72 Å². The summed E-state index contributed by atoms with van der Waals surface area (Å²) in [4.78, 5) is 25.7. The van der Waals surface area contributed by atoms with E-state index >= 15 is 0 Å². The quantitative estimate of drug-likeness (QED) is 0.516. The molecule has 1 heterocycles. The van der Waals surface area contributed by atoms with E-state index in [1.54, 1.807) is 0 Å². The second-order valence-corrected chi connectivity index (χ2v) is 5.16. The van der Waals surface area contributed by atoms with Crippen LogP contribution in [0.5, 0.6) is 0 Å². The van der Waals surface area contributed by atoms with Crippen molar-refractivity contribution >= 4 is 23.2 Å². The van der Waals surface area contributed by atoms with Crippen LogP contribution in [0, 0.1) is 15.5 Å². The molecule has 1 saturated carbocycles. The van der Waals surface area contributed by atoms with Gasteiger partial charge in [-0.25, -0.2) is 4.98 Å². The number of nitrogens with zero attached hydrogens (tertiary/aromatic N) is 2. The summed E-state index contributed by atoms with van der Waals surface area (Å²) in [5, 5.41) is 13.5. The van der Waals surface area contributed by atoms with Crippen molar-refractivity contribution in [2.75, 3.05) is 6.54 Å². The number of aromatic nitrogens is 1. The fourth-order valence-electron chi connectivity index (χ4n) is 1.53. The van der Waals surface area contributed by atoms with Crippen molar-refractivity contribution in [3.8, 4) is 0 Å². The highest BCUT2D eigenvalue weighted by Gasteiger charge is 2.37. The minimum atomic E-state index is -0.642. The zero-order valence-electron chi connectivity index (χ0n) is 9.77. The predicted molar refractivity (Wildman–Crippen MR) is 65.6 cm³/mol. The summed E-state index contributed by atoms with van der Waals surface area (Å²) in [5.74, 6) is -0.487. The second kappa shape index (κ2) is 4.53. The third kappa shape index (κ3) is 2.76. The first-order valence-electron chi connectivity index (χ1n) is 5.49. The van der Waals surface area contributed by atoms with E-state index in [4.69, 9.17) is 11.6 Å². The smallest absolute Gasteiger partial charge is 0.300 e. The molecular weight excluding hydrogens is 258 g/mol. The van der Waals surface area contributed by atoms with Crippen molar-refractivity contribution in [3.05, 3.63) is 33.1 Å². The highest BCUT2D eigenvalue weighted by Crippen LogP contribution is 2.44. The SMILES string of the molecule is CC1(CNC(=O)c2cc(Cl)ncc2[N+](=O)[O-])CC1. The molecule has 2 rings (SSSR count). The summed E-state index contributed by atoms with van der Waals surface area (Å²) in [6.45, 7) is 2.57. The highest BCUT2D eigenvalue weighted by molar-refractivity contribution is 6.29. The lowest BCUT2D eigenvalue weighted by Crippen LogP contribution is -2.29. The van der Waals surface area contributed by atoms with Crippen LogP contribution in [0.4, 0.5) is 5.69 Å². The van der Waals surface area contributed by atoms with Gasteiger partial charge < -0.3 is 5.32 Å². The summed E-state index contributed by atoms with van der Waals surface area (Å²) < 4.78 is 0. The standard InChI is InChI=1S/C11H12ClN3O3/c1-11(2-3-11)6-14-10(16)7-4-9(12)13-5-8(7)15(17)18/h4-5H,2-3,6H2,1H3,(H,14,16). The van der Waals surface area contributed by atoms with Gasteiger partial charge in [-0.05, 0) is 24.3 Å². The van der Waals surface area contributed by atoms with Crippen LogP contribution in [0.1, 0.15) is 30.1 Å². The first kappa shape index (κ1) is 12.8. The van der Waals surface area contributed by atoms with Crippen LogP contribution in [0.2, 0.25) is 5.15 Å². The Morgan fingerprint density at radius 3 is 2.89 bits per heavy atom. The number of hydrogen-bond acceptors (Lipinski definition) is 4. The maximum absolute atomic E-state index is 11.9. The van der Waals surface area contributed by atoms with E-state index in [9.17, 15) is 14.9 Å². The van der Waals surface area contributed by atoms with Gasteiger partial charge in [0.05, 0.1) is 4.92 Å². The third-order valence-electron chi connectivity index (χ3n) is 3.07. The lowest BCUT2D eigenvalue weighted by molar-refractivity contribution is -0.385. The molecule has 96 valence electrons. The Bertz CT molecular complexity index is 514. The van der Waals surface area contributed by atoms with Crippen LogP contribution >= 0.6 is 11.6 Å². The Balaban J connectivity index is 2.17. The monoisotopic (exact) mass is 269 g/mol. The molecule has 1 aromatic rings. The molecule has 1 aromatic heterocycles. The van der Waals surface area contributed by atoms with E-state index < -0.39 is 10.8 Å². The average molecular weight is 270 g/mol. The number of amides is 1. The van der Waals surface area contributed by atoms with Crippen LogP contribution in [0.25, 0.3) is 0 Å². The van der Waals surface area contributed by atoms with Crippen LogP contribution in [-0.2, 0) is 0 Å².